The van der Waals surface area contributed by atoms with Crippen molar-refractivity contribution in [3.8, 4) is 5.75 Å². The normalized spacial score (nSPS) is 19.2. The highest BCUT2D eigenvalue weighted by molar-refractivity contribution is 8.15. The fourth-order valence-electron chi connectivity index (χ4n) is 1.58. The smallest absolute Gasteiger partial charge is 0.286 e. The molecule has 0 saturated carbocycles. The Morgan fingerprint density at radius 2 is 2.00 bits per heavy atom. The maximum atomic E-state index is 11.4. The summed E-state index contributed by atoms with van der Waals surface area (Å²) >= 11 is 1.04. The number of nitrogens with one attached hydrogen (secondary N) is 1. The molecule has 4 nitrogen and oxygen atoms in total. The molecule has 1 atom stereocenters. The molecule has 17 heavy (non-hydrogen) atoms. The quantitative estimate of drug-likeness (QED) is 0.885. The molecule has 0 spiro atoms. The second-order valence-electron chi connectivity index (χ2n) is 3.58. The molecule has 1 aliphatic rings. The van der Waals surface area contributed by atoms with E-state index in [2.05, 4.69) is 12.2 Å². The van der Waals surface area contributed by atoms with E-state index in [9.17, 15) is 9.59 Å². The Hall–Kier alpha value is -1.49. The summed E-state index contributed by atoms with van der Waals surface area (Å²) in [6.07, 6.45) is 0.549. The maximum absolute atomic E-state index is 11.4. The predicted octanol–water partition coefficient (Wildman–Crippen LogP) is 1.79. The van der Waals surface area contributed by atoms with E-state index in [-0.39, 0.29) is 16.4 Å². The van der Waals surface area contributed by atoms with Crippen LogP contribution in [0.3, 0.4) is 0 Å². The topological polar surface area (TPSA) is 55.4 Å². The Kier molecular flexibility index (Phi) is 3.68. The molecule has 1 fully saturated rings. The highest BCUT2D eigenvalue weighted by atomic mass is 32.2. The number of carbonyl (C=O) groups is 2. The molecule has 1 N–H and O–H groups in total. The lowest BCUT2D eigenvalue weighted by Crippen LogP contribution is -2.25. The van der Waals surface area contributed by atoms with E-state index < -0.39 is 0 Å². The molecule has 89 valence electrons. The first kappa shape index (κ1) is 12.0. The van der Waals surface area contributed by atoms with Crippen molar-refractivity contribution in [1.29, 1.82) is 0 Å². The van der Waals surface area contributed by atoms with Gasteiger partial charge in [0.15, 0.2) is 0 Å². The Bertz CT molecular complexity index is 430. The van der Waals surface area contributed by atoms with E-state index in [0.717, 1.165) is 23.1 Å². The number of ether oxygens (including phenoxy) is 1. The van der Waals surface area contributed by atoms with E-state index in [1.807, 2.05) is 24.3 Å². The first-order chi connectivity index (χ1) is 8.19. The molecular weight excluding hydrogens is 238 g/mol. The van der Waals surface area contributed by atoms with Gasteiger partial charge in [-0.15, -0.1) is 0 Å². The number of hydrogen-bond acceptors (Lipinski definition) is 4. The first-order valence-electron chi connectivity index (χ1n) is 5.21. The zero-order valence-corrected chi connectivity index (χ0v) is 9.96. The molecule has 1 unspecified atom stereocenters. The summed E-state index contributed by atoms with van der Waals surface area (Å²) in [5, 5.41) is 1.69. The molecule has 1 aromatic carbocycles. The minimum Gasteiger partial charge on any atom is -0.494 e. The molecule has 0 aliphatic carbocycles. The average Bonchev–Trinajstić information content (AvgIpc) is 2.61. The van der Waals surface area contributed by atoms with Crippen molar-refractivity contribution in [1.82, 2.24) is 5.32 Å². The number of amides is 2. The third-order valence-corrected chi connectivity index (χ3v) is 3.36. The Balaban J connectivity index is 1.99. The average molecular weight is 250 g/mol. The fourth-order valence-corrected chi connectivity index (χ4v) is 2.44. The third kappa shape index (κ3) is 3.00. The Morgan fingerprint density at radius 1 is 1.29 bits per heavy atom. The van der Waals surface area contributed by atoms with Crippen molar-refractivity contribution < 1.29 is 14.3 Å². The van der Waals surface area contributed by atoms with Gasteiger partial charge in [0.05, 0.1) is 11.9 Å². The van der Waals surface area contributed by atoms with Gasteiger partial charge in [0, 0.05) is 0 Å². The molecule has 2 rings (SSSR count). The van der Waals surface area contributed by atoms with Crippen molar-refractivity contribution in [2.75, 3.05) is 6.61 Å². The SMILES string of the molecule is [CH2]COc1ccc(CC2SC(=O)NC2=O)cc1. The van der Waals surface area contributed by atoms with Gasteiger partial charge in [-0.25, -0.2) is 0 Å². The van der Waals surface area contributed by atoms with E-state index in [1.54, 1.807) is 0 Å². The molecule has 0 bridgehead atoms. The molecule has 0 aromatic heterocycles. The molecule has 5 heteroatoms. The van der Waals surface area contributed by atoms with E-state index >= 15 is 0 Å². The minimum atomic E-state index is -0.317. The summed E-state index contributed by atoms with van der Waals surface area (Å²) in [4.78, 5) is 22.4. The first-order valence-corrected chi connectivity index (χ1v) is 6.09. The highest BCUT2D eigenvalue weighted by Crippen LogP contribution is 2.23. The van der Waals surface area contributed by atoms with Crippen molar-refractivity contribution in [3.05, 3.63) is 36.8 Å². The van der Waals surface area contributed by atoms with Crippen LogP contribution in [0.4, 0.5) is 4.79 Å². The second-order valence-corrected chi connectivity index (χ2v) is 4.76. The molecule has 1 heterocycles. The standard InChI is InChI=1S/C12H12NO3S/c1-2-16-9-5-3-8(4-6-9)7-10-11(14)13-12(15)17-10/h3-6,10H,1-2,7H2,(H,13,14,15). The lowest BCUT2D eigenvalue weighted by atomic mass is 10.1. The fraction of sp³-hybridized carbons (Fsp3) is 0.250. The van der Waals surface area contributed by atoms with Crippen LogP contribution in [0.25, 0.3) is 0 Å². The van der Waals surface area contributed by atoms with Crippen LogP contribution in [0.15, 0.2) is 24.3 Å². The van der Waals surface area contributed by atoms with Gasteiger partial charge in [0.1, 0.15) is 5.75 Å². The van der Waals surface area contributed by atoms with Crippen molar-refractivity contribution in [2.24, 2.45) is 0 Å². The van der Waals surface area contributed by atoms with Gasteiger partial charge in [0.2, 0.25) is 5.91 Å². The maximum Gasteiger partial charge on any atom is 0.286 e. The lowest BCUT2D eigenvalue weighted by molar-refractivity contribution is -0.118. The van der Waals surface area contributed by atoms with Gasteiger partial charge in [-0.3, -0.25) is 14.9 Å². The number of thioether (sulfide) groups is 1. The van der Waals surface area contributed by atoms with Crippen LogP contribution in [0.1, 0.15) is 5.56 Å². The molecule has 1 saturated heterocycles. The van der Waals surface area contributed by atoms with E-state index in [1.165, 1.54) is 0 Å². The van der Waals surface area contributed by atoms with E-state index in [0.29, 0.717) is 13.0 Å². The highest BCUT2D eigenvalue weighted by Gasteiger charge is 2.31. The van der Waals surface area contributed by atoms with Crippen molar-refractivity contribution in [3.63, 3.8) is 0 Å². The number of benzene rings is 1. The number of rotatable bonds is 4. The number of hydrogen-bond donors (Lipinski definition) is 1. The van der Waals surface area contributed by atoms with Crippen LogP contribution < -0.4 is 10.1 Å². The lowest BCUT2D eigenvalue weighted by Gasteiger charge is -2.07. The summed E-state index contributed by atoms with van der Waals surface area (Å²) in [6.45, 7) is 3.97. The number of carbonyl (C=O) groups excluding carboxylic acids is 2. The predicted molar refractivity (Wildman–Crippen MR) is 65.9 cm³/mol. The summed E-state index contributed by atoms with van der Waals surface area (Å²) in [5.74, 6) is 0.543. The largest absolute Gasteiger partial charge is 0.494 e. The number of imide groups is 1. The summed E-state index contributed by atoms with van der Waals surface area (Å²) in [5.41, 5.74) is 1.00. The Labute approximate surface area is 104 Å². The zero-order chi connectivity index (χ0) is 12.3. The Morgan fingerprint density at radius 3 is 2.53 bits per heavy atom. The summed E-state index contributed by atoms with van der Waals surface area (Å²) in [6, 6.07) is 7.45. The zero-order valence-electron chi connectivity index (χ0n) is 9.14. The van der Waals surface area contributed by atoms with Crippen LogP contribution in [0.2, 0.25) is 0 Å². The molecule has 2 amide bonds. The van der Waals surface area contributed by atoms with Crippen molar-refractivity contribution in [2.45, 2.75) is 11.7 Å². The molecular formula is C12H12NO3S. The van der Waals surface area contributed by atoms with Gasteiger partial charge < -0.3 is 4.74 Å². The van der Waals surface area contributed by atoms with Crippen LogP contribution in [-0.4, -0.2) is 23.0 Å². The molecule has 1 radical (unpaired) electrons. The van der Waals surface area contributed by atoms with Crippen LogP contribution >= 0.6 is 11.8 Å². The van der Waals surface area contributed by atoms with Gasteiger partial charge in [0.25, 0.3) is 5.24 Å². The minimum absolute atomic E-state index is 0.210. The van der Waals surface area contributed by atoms with Gasteiger partial charge in [-0.05, 0) is 31.0 Å². The second kappa shape index (κ2) is 5.23. The monoisotopic (exact) mass is 250 g/mol. The van der Waals surface area contributed by atoms with Crippen molar-refractivity contribution >= 4 is 22.9 Å². The van der Waals surface area contributed by atoms with Gasteiger partial charge in [-0.1, -0.05) is 23.9 Å². The van der Waals surface area contributed by atoms with Crippen LogP contribution in [0, 0.1) is 6.92 Å². The summed E-state index contributed by atoms with van der Waals surface area (Å²) < 4.78 is 5.22. The molecule has 1 aliphatic heterocycles. The molecule has 1 aromatic rings. The van der Waals surface area contributed by atoms with Gasteiger partial charge in [-0.2, -0.15) is 0 Å². The summed E-state index contributed by atoms with van der Waals surface area (Å²) in [7, 11) is 0. The third-order valence-electron chi connectivity index (χ3n) is 2.38. The van der Waals surface area contributed by atoms with Crippen LogP contribution in [-0.2, 0) is 11.2 Å². The van der Waals surface area contributed by atoms with Crippen LogP contribution in [0.5, 0.6) is 5.75 Å². The van der Waals surface area contributed by atoms with Gasteiger partial charge >= 0.3 is 0 Å². The van der Waals surface area contributed by atoms with E-state index in [4.69, 9.17) is 4.74 Å².